The van der Waals surface area contributed by atoms with E-state index in [9.17, 15) is 9.65 Å². The first kappa shape index (κ1) is 15.9. The van der Waals surface area contributed by atoms with Crippen LogP contribution in [-0.4, -0.2) is 9.97 Å². The van der Waals surface area contributed by atoms with Gasteiger partial charge in [0.25, 0.3) is 0 Å². The van der Waals surface area contributed by atoms with Crippen molar-refractivity contribution < 1.29 is 13.2 Å². The molecule has 2 aromatic heterocycles. The number of furan rings is 1. The average molecular weight is 347 g/mol. The van der Waals surface area contributed by atoms with E-state index in [1.807, 2.05) is 18.2 Å². The fraction of sp³-hybridized carbons (Fsp3) is 0.0500. The smallest absolute Gasteiger partial charge is 0.156 e. The second-order valence-electron chi connectivity index (χ2n) is 5.69. The zero-order chi connectivity index (χ0) is 18.1. The number of rotatable bonds is 3. The van der Waals surface area contributed by atoms with E-state index < -0.39 is 12.0 Å². The van der Waals surface area contributed by atoms with Gasteiger partial charge in [-0.05, 0) is 18.2 Å². The Balaban J connectivity index is 1.90. The third-order valence-corrected chi connectivity index (χ3v) is 4.11. The van der Waals surface area contributed by atoms with Gasteiger partial charge in [0.2, 0.25) is 0 Å². The Morgan fingerprint density at radius 2 is 1.85 bits per heavy atom. The number of fused-ring (bicyclic) bond motifs is 1. The van der Waals surface area contributed by atoms with Crippen LogP contribution < -0.4 is 0 Å². The molecule has 2 heterocycles. The Morgan fingerprint density at radius 1 is 1.08 bits per heavy atom. The summed E-state index contributed by atoms with van der Waals surface area (Å²) in [6.45, 7) is 0. The molecular formula is C20H11F2N3O. The molecule has 0 fully saturated rings. The van der Waals surface area contributed by atoms with Crippen LogP contribution >= 0.6 is 0 Å². The van der Waals surface area contributed by atoms with Crippen LogP contribution in [0.15, 0.2) is 65.6 Å². The molecule has 0 amide bonds. The molecular weight excluding hydrogens is 336 g/mol. The van der Waals surface area contributed by atoms with Crippen molar-refractivity contribution in [2.45, 2.75) is 6.17 Å². The molecule has 26 heavy (non-hydrogen) atoms. The molecule has 0 spiro atoms. The third kappa shape index (κ3) is 2.60. The van der Waals surface area contributed by atoms with E-state index in [0.29, 0.717) is 5.58 Å². The van der Waals surface area contributed by atoms with Crippen molar-refractivity contribution in [1.82, 2.24) is 9.97 Å². The monoisotopic (exact) mass is 347 g/mol. The lowest BCUT2D eigenvalue weighted by atomic mass is 9.97. The van der Waals surface area contributed by atoms with E-state index >= 15 is 4.39 Å². The molecule has 4 rings (SSSR count). The number of hydrogen-bond donors (Lipinski definition) is 0. The van der Waals surface area contributed by atoms with E-state index in [1.54, 1.807) is 18.2 Å². The Labute approximate surface area is 147 Å². The number of para-hydroxylation sites is 1. The zero-order valence-corrected chi connectivity index (χ0v) is 13.4. The molecule has 0 bridgehead atoms. The molecule has 126 valence electrons. The number of alkyl halides is 1. The highest BCUT2D eigenvalue weighted by molar-refractivity contribution is 5.84. The molecule has 1 atom stereocenters. The summed E-state index contributed by atoms with van der Waals surface area (Å²) in [5.74, 6) is -0.655. The molecule has 0 N–H and O–H groups in total. The van der Waals surface area contributed by atoms with Crippen molar-refractivity contribution in [1.29, 1.82) is 5.26 Å². The van der Waals surface area contributed by atoms with E-state index in [4.69, 9.17) is 4.42 Å². The molecule has 4 nitrogen and oxygen atoms in total. The highest BCUT2D eigenvalue weighted by Crippen LogP contribution is 2.37. The summed E-state index contributed by atoms with van der Waals surface area (Å²) in [7, 11) is 0. The van der Waals surface area contributed by atoms with Crippen molar-refractivity contribution >= 4 is 11.0 Å². The first-order chi connectivity index (χ1) is 12.7. The first-order valence-electron chi connectivity index (χ1n) is 7.79. The second kappa shape index (κ2) is 6.37. The number of nitriles is 1. The number of nitrogens with zero attached hydrogens (tertiary/aromatic N) is 3. The topological polar surface area (TPSA) is 62.7 Å². The standard InChI is InChI=1S/C20H11F2N3O/c21-19(14-9-24-11-25-10-14)15-6-5-13(8-23)18(20(15)22)17-7-12-3-1-2-4-16(12)26-17/h1-7,9-11,19H. The van der Waals surface area contributed by atoms with Gasteiger partial charge in [-0.25, -0.2) is 18.7 Å². The molecule has 4 aromatic rings. The molecule has 0 radical (unpaired) electrons. The molecule has 0 saturated heterocycles. The fourth-order valence-electron chi connectivity index (χ4n) is 2.85. The minimum absolute atomic E-state index is 0.0549. The van der Waals surface area contributed by atoms with Crippen LogP contribution in [0.4, 0.5) is 8.78 Å². The van der Waals surface area contributed by atoms with Crippen molar-refractivity contribution in [2.24, 2.45) is 0 Å². The lowest BCUT2D eigenvalue weighted by Crippen LogP contribution is -2.02. The largest absolute Gasteiger partial charge is 0.456 e. The quantitative estimate of drug-likeness (QED) is 0.525. The number of aromatic nitrogens is 2. The van der Waals surface area contributed by atoms with Crippen molar-refractivity contribution in [3.8, 4) is 17.4 Å². The van der Waals surface area contributed by atoms with E-state index in [2.05, 4.69) is 9.97 Å². The Hall–Kier alpha value is -3.59. The number of benzene rings is 2. The SMILES string of the molecule is N#Cc1ccc(C(F)c2cncnc2)c(F)c1-c1cc2ccccc2o1. The molecule has 1 unspecified atom stereocenters. The maximum Gasteiger partial charge on any atom is 0.156 e. The first-order valence-corrected chi connectivity index (χ1v) is 7.79. The summed E-state index contributed by atoms with van der Waals surface area (Å²) in [5, 5.41) is 10.1. The Kier molecular flexibility index (Phi) is 3.90. The van der Waals surface area contributed by atoms with Crippen LogP contribution in [-0.2, 0) is 0 Å². The number of hydrogen-bond acceptors (Lipinski definition) is 4. The van der Waals surface area contributed by atoms with Crippen LogP contribution in [0.2, 0.25) is 0 Å². The molecule has 6 heteroatoms. The Morgan fingerprint density at radius 3 is 2.58 bits per heavy atom. The summed E-state index contributed by atoms with van der Waals surface area (Å²) in [5.41, 5.74) is 0.507. The van der Waals surface area contributed by atoms with Gasteiger partial charge in [0.1, 0.15) is 23.5 Å². The van der Waals surface area contributed by atoms with Crippen LogP contribution in [0.5, 0.6) is 0 Å². The molecule has 0 saturated carbocycles. The van der Waals surface area contributed by atoms with Crippen molar-refractivity contribution in [3.63, 3.8) is 0 Å². The molecule has 0 aliphatic rings. The summed E-state index contributed by atoms with van der Waals surface area (Å²) >= 11 is 0. The van der Waals surface area contributed by atoms with E-state index in [0.717, 1.165) is 5.39 Å². The van der Waals surface area contributed by atoms with Crippen LogP contribution in [0.25, 0.3) is 22.3 Å². The van der Waals surface area contributed by atoms with Gasteiger partial charge in [0, 0.05) is 28.9 Å². The predicted molar refractivity (Wildman–Crippen MR) is 91.3 cm³/mol. The highest BCUT2D eigenvalue weighted by Gasteiger charge is 2.24. The minimum Gasteiger partial charge on any atom is -0.456 e. The van der Waals surface area contributed by atoms with Gasteiger partial charge >= 0.3 is 0 Å². The lowest BCUT2D eigenvalue weighted by Gasteiger charge is -2.12. The fourth-order valence-corrected chi connectivity index (χ4v) is 2.85. The van der Waals surface area contributed by atoms with Gasteiger partial charge in [-0.2, -0.15) is 5.26 Å². The van der Waals surface area contributed by atoms with Gasteiger partial charge in [-0.1, -0.05) is 24.3 Å². The van der Waals surface area contributed by atoms with Crippen molar-refractivity contribution in [3.05, 3.63) is 83.7 Å². The van der Waals surface area contributed by atoms with Gasteiger partial charge in [-0.3, -0.25) is 0 Å². The third-order valence-electron chi connectivity index (χ3n) is 4.11. The normalized spacial score (nSPS) is 12.0. The maximum absolute atomic E-state index is 15.2. The number of halogens is 2. The predicted octanol–water partition coefficient (Wildman–Crippen LogP) is 4.96. The van der Waals surface area contributed by atoms with Gasteiger partial charge in [0.15, 0.2) is 6.17 Å². The van der Waals surface area contributed by atoms with E-state index in [-0.39, 0.29) is 28.0 Å². The second-order valence-corrected chi connectivity index (χ2v) is 5.69. The van der Waals surface area contributed by atoms with E-state index in [1.165, 1.54) is 30.9 Å². The summed E-state index contributed by atoms with van der Waals surface area (Å²) < 4.78 is 35.7. The average Bonchev–Trinajstić information content (AvgIpc) is 3.11. The minimum atomic E-state index is -1.76. The zero-order valence-electron chi connectivity index (χ0n) is 13.4. The molecule has 0 aliphatic heterocycles. The Bertz CT molecular complexity index is 1100. The van der Waals surface area contributed by atoms with Gasteiger partial charge in [-0.15, -0.1) is 0 Å². The van der Waals surface area contributed by atoms with Crippen molar-refractivity contribution in [2.75, 3.05) is 0 Å². The summed E-state index contributed by atoms with van der Waals surface area (Å²) in [6, 6.07) is 13.4. The lowest BCUT2D eigenvalue weighted by molar-refractivity contribution is 0.386. The van der Waals surface area contributed by atoms with Gasteiger partial charge < -0.3 is 4.42 Å². The molecule has 0 aliphatic carbocycles. The summed E-state index contributed by atoms with van der Waals surface area (Å²) in [6.07, 6.45) is 2.09. The van der Waals surface area contributed by atoms with Crippen LogP contribution in [0.3, 0.4) is 0 Å². The maximum atomic E-state index is 15.2. The van der Waals surface area contributed by atoms with Gasteiger partial charge in [0.05, 0.1) is 17.2 Å². The van der Waals surface area contributed by atoms with Crippen LogP contribution in [0.1, 0.15) is 22.9 Å². The molecule has 2 aromatic carbocycles. The van der Waals surface area contributed by atoms with Crippen LogP contribution in [0, 0.1) is 17.1 Å². The summed E-state index contributed by atoms with van der Waals surface area (Å²) in [4.78, 5) is 7.52. The highest BCUT2D eigenvalue weighted by atomic mass is 19.1.